The van der Waals surface area contributed by atoms with Gasteiger partial charge in [-0.1, -0.05) is 34.9 Å². The second-order valence-corrected chi connectivity index (χ2v) is 2.89. The molecule has 1 aromatic rings. The molecule has 0 saturated carbocycles. The minimum absolute atomic E-state index is 0.463. The zero-order chi connectivity index (χ0) is 10.2. The lowest BCUT2D eigenvalue weighted by atomic mass is 10.2. The molecule has 1 aromatic heterocycles. The first kappa shape index (κ1) is 10.6. The summed E-state index contributed by atoms with van der Waals surface area (Å²) in [6, 6.07) is 3.69. The molecular weight excluding hydrogens is 200 g/mol. The zero-order valence-electron chi connectivity index (χ0n) is 7.47. The summed E-state index contributed by atoms with van der Waals surface area (Å²) in [5, 5.41) is 3.89. The summed E-state index contributed by atoms with van der Waals surface area (Å²) in [5.74, 6) is 0. The highest BCUT2D eigenvalue weighted by Crippen LogP contribution is 2.13. The van der Waals surface area contributed by atoms with Gasteiger partial charge in [-0.2, -0.15) is 0 Å². The van der Waals surface area contributed by atoms with Crippen LogP contribution in [0.1, 0.15) is 12.0 Å². The highest BCUT2D eigenvalue weighted by molar-refractivity contribution is 6.30. The van der Waals surface area contributed by atoms with Crippen molar-refractivity contribution in [3.63, 3.8) is 0 Å². The van der Waals surface area contributed by atoms with Gasteiger partial charge in [0.05, 0.1) is 0 Å². The van der Waals surface area contributed by atoms with E-state index in [4.69, 9.17) is 17.1 Å². The minimum Gasteiger partial charge on any atom is -0.244 e. The highest BCUT2D eigenvalue weighted by Gasteiger charge is 1.93. The summed E-state index contributed by atoms with van der Waals surface area (Å²) >= 11 is 5.82. The van der Waals surface area contributed by atoms with Crippen molar-refractivity contribution in [2.45, 2.75) is 6.42 Å². The van der Waals surface area contributed by atoms with Crippen molar-refractivity contribution in [2.24, 2.45) is 5.11 Å². The molecule has 14 heavy (non-hydrogen) atoms. The summed E-state index contributed by atoms with van der Waals surface area (Å²) in [6.07, 6.45) is 6.11. The standard InChI is InChI=1S/C9H9ClN4/c10-9-8(5-3-6-12-9)4-1-2-7-13-14-11/h1,3-6H,2,7H2. The van der Waals surface area contributed by atoms with Crippen molar-refractivity contribution in [3.05, 3.63) is 45.6 Å². The van der Waals surface area contributed by atoms with Crippen molar-refractivity contribution in [3.8, 4) is 0 Å². The topological polar surface area (TPSA) is 61.7 Å². The number of aromatic nitrogens is 1. The predicted octanol–water partition coefficient (Wildman–Crippen LogP) is 3.45. The monoisotopic (exact) mass is 208 g/mol. The van der Waals surface area contributed by atoms with Crippen LogP contribution < -0.4 is 0 Å². The van der Waals surface area contributed by atoms with Gasteiger partial charge in [0.25, 0.3) is 0 Å². The van der Waals surface area contributed by atoms with Gasteiger partial charge in [-0.05, 0) is 18.0 Å². The summed E-state index contributed by atoms with van der Waals surface area (Å²) < 4.78 is 0. The van der Waals surface area contributed by atoms with Crippen molar-refractivity contribution in [1.29, 1.82) is 0 Å². The fourth-order valence-electron chi connectivity index (χ4n) is 0.910. The Balaban J connectivity index is 2.51. The molecule has 0 aliphatic rings. The molecule has 0 aromatic carbocycles. The van der Waals surface area contributed by atoms with Crippen LogP contribution in [0.15, 0.2) is 29.5 Å². The second kappa shape index (κ2) is 6.02. The molecule has 0 amide bonds. The van der Waals surface area contributed by atoms with E-state index in [9.17, 15) is 0 Å². The summed E-state index contributed by atoms with van der Waals surface area (Å²) in [6.45, 7) is 0.463. The molecule has 0 atom stereocenters. The van der Waals surface area contributed by atoms with Crippen LogP contribution in [-0.2, 0) is 0 Å². The number of nitrogens with zero attached hydrogens (tertiary/aromatic N) is 4. The van der Waals surface area contributed by atoms with Crippen LogP contribution in [0.5, 0.6) is 0 Å². The molecule has 0 aliphatic carbocycles. The molecular formula is C9H9ClN4. The van der Waals surface area contributed by atoms with Crippen LogP contribution in [0.25, 0.3) is 16.5 Å². The zero-order valence-corrected chi connectivity index (χ0v) is 8.22. The van der Waals surface area contributed by atoms with E-state index in [1.807, 2.05) is 24.3 Å². The van der Waals surface area contributed by atoms with E-state index in [0.717, 1.165) is 5.56 Å². The van der Waals surface area contributed by atoms with E-state index in [1.165, 1.54) is 0 Å². The number of pyridine rings is 1. The Hall–Kier alpha value is -1.51. The van der Waals surface area contributed by atoms with Gasteiger partial charge in [0, 0.05) is 23.2 Å². The van der Waals surface area contributed by atoms with Gasteiger partial charge in [0.15, 0.2) is 0 Å². The van der Waals surface area contributed by atoms with Crippen molar-refractivity contribution >= 4 is 17.7 Å². The molecule has 0 unspecified atom stereocenters. The van der Waals surface area contributed by atoms with E-state index in [0.29, 0.717) is 18.1 Å². The van der Waals surface area contributed by atoms with Gasteiger partial charge in [0.2, 0.25) is 0 Å². The maximum atomic E-state index is 8.03. The van der Waals surface area contributed by atoms with E-state index in [1.54, 1.807) is 6.20 Å². The first-order valence-corrected chi connectivity index (χ1v) is 4.50. The number of hydrogen-bond acceptors (Lipinski definition) is 2. The lowest BCUT2D eigenvalue weighted by Crippen LogP contribution is -1.79. The molecule has 0 fully saturated rings. The Bertz CT molecular complexity index is 369. The minimum atomic E-state index is 0.463. The lowest BCUT2D eigenvalue weighted by molar-refractivity contribution is 0.995. The maximum Gasteiger partial charge on any atom is 0.136 e. The Morgan fingerprint density at radius 2 is 2.50 bits per heavy atom. The predicted molar refractivity (Wildman–Crippen MR) is 56.9 cm³/mol. The average Bonchev–Trinajstić information content (AvgIpc) is 2.20. The van der Waals surface area contributed by atoms with Crippen LogP contribution in [0.3, 0.4) is 0 Å². The molecule has 0 N–H and O–H groups in total. The van der Waals surface area contributed by atoms with Crippen LogP contribution in [0, 0.1) is 0 Å². The smallest absolute Gasteiger partial charge is 0.136 e. The summed E-state index contributed by atoms with van der Waals surface area (Å²) in [7, 11) is 0. The van der Waals surface area contributed by atoms with E-state index >= 15 is 0 Å². The number of halogens is 1. The van der Waals surface area contributed by atoms with Gasteiger partial charge >= 0.3 is 0 Å². The third kappa shape index (κ3) is 3.47. The van der Waals surface area contributed by atoms with Crippen LogP contribution in [-0.4, -0.2) is 11.5 Å². The average molecular weight is 209 g/mol. The molecule has 72 valence electrons. The third-order valence-electron chi connectivity index (χ3n) is 1.54. The van der Waals surface area contributed by atoms with Crippen LogP contribution >= 0.6 is 11.6 Å². The summed E-state index contributed by atoms with van der Waals surface area (Å²) in [4.78, 5) is 6.58. The first-order chi connectivity index (χ1) is 6.84. The van der Waals surface area contributed by atoms with Gasteiger partial charge in [-0.3, -0.25) is 0 Å². The molecule has 1 rings (SSSR count). The van der Waals surface area contributed by atoms with Gasteiger partial charge < -0.3 is 0 Å². The third-order valence-corrected chi connectivity index (χ3v) is 1.86. The first-order valence-electron chi connectivity index (χ1n) is 4.12. The van der Waals surface area contributed by atoms with Crippen molar-refractivity contribution < 1.29 is 0 Å². The Morgan fingerprint density at radius 3 is 3.21 bits per heavy atom. The number of hydrogen-bond donors (Lipinski definition) is 0. The Morgan fingerprint density at radius 1 is 1.64 bits per heavy atom. The SMILES string of the molecule is [N-]=[N+]=NCCC=Cc1cccnc1Cl. The number of rotatable bonds is 4. The van der Waals surface area contributed by atoms with E-state index in [-0.39, 0.29) is 0 Å². The molecule has 0 aliphatic heterocycles. The molecule has 0 bridgehead atoms. The summed E-state index contributed by atoms with van der Waals surface area (Å²) in [5.41, 5.74) is 8.90. The molecule has 0 spiro atoms. The molecule has 5 heteroatoms. The van der Waals surface area contributed by atoms with Crippen molar-refractivity contribution in [1.82, 2.24) is 4.98 Å². The molecule has 0 saturated heterocycles. The Kier molecular flexibility index (Phi) is 4.55. The fourth-order valence-corrected chi connectivity index (χ4v) is 1.09. The largest absolute Gasteiger partial charge is 0.244 e. The van der Waals surface area contributed by atoms with Gasteiger partial charge in [-0.15, -0.1) is 0 Å². The maximum absolute atomic E-state index is 8.03. The molecule has 0 radical (unpaired) electrons. The van der Waals surface area contributed by atoms with E-state index < -0.39 is 0 Å². The number of azide groups is 1. The normalized spacial score (nSPS) is 10.1. The van der Waals surface area contributed by atoms with E-state index in [2.05, 4.69) is 15.0 Å². The fraction of sp³-hybridized carbons (Fsp3) is 0.222. The van der Waals surface area contributed by atoms with Crippen LogP contribution in [0.2, 0.25) is 5.15 Å². The van der Waals surface area contributed by atoms with Gasteiger partial charge in [0.1, 0.15) is 5.15 Å². The molecule has 1 heterocycles. The quantitative estimate of drug-likeness (QED) is 0.246. The highest BCUT2D eigenvalue weighted by atomic mass is 35.5. The lowest BCUT2D eigenvalue weighted by Gasteiger charge is -1.94. The molecule has 4 nitrogen and oxygen atoms in total. The second-order valence-electron chi connectivity index (χ2n) is 2.53. The van der Waals surface area contributed by atoms with Crippen molar-refractivity contribution in [2.75, 3.05) is 6.54 Å². The Labute approximate surface area is 86.9 Å². The van der Waals surface area contributed by atoms with Gasteiger partial charge in [-0.25, -0.2) is 4.98 Å². The van der Waals surface area contributed by atoms with Crippen LogP contribution in [0.4, 0.5) is 0 Å².